The van der Waals surface area contributed by atoms with Gasteiger partial charge in [0, 0.05) is 15.7 Å². The molecule has 27 heavy (non-hydrogen) atoms. The zero-order valence-corrected chi connectivity index (χ0v) is 16.8. The standard InChI is InChI=1S/C19H13IN2O4S/c20-15-9-7-14(8-10-15)12-21-18(23)17(27-19(21)24)6-2-4-13-3-1-5-16(11-13)22(25)26/h1-11H,12H2/b4-2+,17-6-. The zero-order valence-electron chi connectivity index (χ0n) is 13.9. The minimum absolute atomic E-state index is 0.00463. The van der Waals surface area contributed by atoms with Crippen LogP contribution in [0, 0.1) is 13.7 Å². The van der Waals surface area contributed by atoms with Crippen molar-refractivity contribution in [1.29, 1.82) is 0 Å². The van der Waals surface area contributed by atoms with Gasteiger partial charge >= 0.3 is 0 Å². The highest BCUT2D eigenvalue weighted by molar-refractivity contribution is 14.1. The average Bonchev–Trinajstić information content (AvgIpc) is 2.91. The van der Waals surface area contributed by atoms with Gasteiger partial charge in [-0.3, -0.25) is 24.6 Å². The lowest BCUT2D eigenvalue weighted by Gasteiger charge is -2.12. The Hall–Kier alpha value is -2.46. The lowest BCUT2D eigenvalue weighted by Crippen LogP contribution is -2.27. The van der Waals surface area contributed by atoms with Gasteiger partial charge in [-0.2, -0.15) is 0 Å². The fourth-order valence-corrected chi connectivity index (χ4v) is 3.56. The van der Waals surface area contributed by atoms with Gasteiger partial charge in [-0.15, -0.1) is 0 Å². The van der Waals surface area contributed by atoms with Gasteiger partial charge in [0.1, 0.15) is 0 Å². The lowest BCUT2D eigenvalue weighted by atomic mass is 10.2. The second kappa shape index (κ2) is 8.49. The quantitative estimate of drug-likeness (QED) is 0.254. The Kier molecular flexibility index (Phi) is 6.07. The Labute approximate surface area is 173 Å². The molecule has 0 unspecified atom stereocenters. The number of amides is 2. The molecule has 0 aromatic heterocycles. The summed E-state index contributed by atoms with van der Waals surface area (Å²) >= 11 is 3.08. The largest absolute Gasteiger partial charge is 0.293 e. The van der Waals surface area contributed by atoms with Crippen molar-refractivity contribution >= 4 is 57.3 Å². The fourth-order valence-electron chi connectivity index (χ4n) is 2.41. The maximum atomic E-state index is 12.5. The van der Waals surface area contributed by atoms with Crippen LogP contribution in [0.1, 0.15) is 11.1 Å². The van der Waals surface area contributed by atoms with Crippen molar-refractivity contribution in [3.63, 3.8) is 0 Å². The number of hydrogen-bond donors (Lipinski definition) is 0. The van der Waals surface area contributed by atoms with Gasteiger partial charge in [-0.25, -0.2) is 0 Å². The molecule has 1 saturated heterocycles. The molecule has 1 aliphatic rings. The van der Waals surface area contributed by atoms with Crippen LogP contribution in [-0.2, 0) is 11.3 Å². The van der Waals surface area contributed by atoms with E-state index in [1.54, 1.807) is 30.4 Å². The summed E-state index contributed by atoms with van der Waals surface area (Å²) in [4.78, 5) is 36.5. The maximum Gasteiger partial charge on any atom is 0.293 e. The first-order valence-electron chi connectivity index (χ1n) is 7.85. The molecule has 0 atom stereocenters. The monoisotopic (exact) mass is 492 g/mol. The van der Waals surface area contributed by atoms with E-state index in [1.165, 1.54) is 17.0 Å². The molecule has 1 aliphatic heterocycles. The lowest BCUT2D eigenvalue weighted by molar-refractivity contribution is -0.384. The van der Waals surface area contributed by atoms with Crippen molar-refractivity contribution in [2.45, 2.75) is 6.54 Å². The molecule has 1 heterocycles. The van der Waals surface area contributed by atoms with E-state index >= 15 is 0 Å². The second-order valence-corrected chi connectivity index (χ2v) is 7.87. The summed E-state index contributed by atoms with van der Waals surface area (Å²) in [6.07, 6.45) is 4.82. The van der Waals surface area contributed by atoms with E-state index in [0.717, 1.165) is 20.9 Å². The topological polar surface area (TPSA) is 80.5 Å². The Morgan fingerprint density at radius 2 is 1.89 bits per heavy atom. The predicted molar refractivity (Wildman–Crippen MR) is 113 cm³/mol. The van der Waals surface area contributed by atoms with E-state index in [4.69, 9.17) is 0 Å². The van der Waals surface area contributed by atoms with Crippen LogP contribution >= 0.6 is 34.4 Å². The van der Waals surface area contributed by atoms with Gasteiger partial charge in [0.2, 0.25) is 0 Å². The highest BCUT2D eigenvalue weighted by atomic mass is 127. The van der Waals surface area contributed by atoms with Gasteiger partial charge < -0.3 is 0 Å². The third-order valence-corrected chi connectivity index (χ3v) is 5.39. The summed E-state index contributed by atoms with van der Waals surface area (Å²) < 4.78 is 1.08. The number of allylic oxidation sites excluding steroid dienone is 2. The van der Waals surface area contributed by atoms with Crippen LogP contribution in [0.15, 0.2) is 65.6 Å². The third kappa shape index (κ3) is 4.83. The molecular formula is C19H13IN2O4S. The van der Waals surface area contributed by atoms with Gasteiger partial charge in [0.05, 0.1) is 16.4 Å². The Bertz CT molecular complexity index is 970. The summed E-state index contributed by atoms with van der Waals surface area (Å²) in [6, 6.07) is 13.8. The van der Waals surface area contributed by atoms with Crippen LogP contribution in [0.2, 0.25) is 0 Å². The molecule has 0 bridgehead atoms. The normalized spacial score (nSPS) is 15.9. The zero-order chi connectivity index (χ0) is 19.4. The molecule has 2 amide bonds. The summed E-state index contributed by atoms with van der Waals surface area (Å²) in [5.74, 6) is -0.341. The van der Waals surface area contributed by atoms with Gasteiger partial charge in [-0.05, 0) is 63.7 Å². The van der Waals surface area contributed by atoms with E-state index < -0.39 is 4.92 Å². The van der Waals surface area contributed by atoms with Crippen molar-refractivity contribution in [2.24, 2.45) is 0 Å². The molecule has 3 rings (SSSR count). The maximum absolute atomic E-state index is 12.5. The van der Waals surface area contributed by atoms with Gasteiger partial charge in [0.25, 0.3) is 16.8 Å². The molecule has 2 aromatic rings. The van der Waals surface area contributed by atoms with E-state index in [9.17, 15) is 19.7 Å². The van der Waals surface area contributed by atoms with Crippen molar-refractivity contribution in [3.8, 4) is 0 Å². The number of nitro groups is 1. The van der Waals surface area contributed by atoms with Crippen molar-refractivity contribution in [3.05, 3.63) is 90.4 Å². The van der Waals surface area contributed by atoms with E-state index in [0.29, 0.717) is 10.5 Å². The van der Waals surface area contributed by atoms with Crippen molar-refractivity contribution in [2.75, 3.05) is 0 Å². The van der Waals surface area contributed by atoms with E-state index in [1.807, 2.05) is 24.3 Å². The molecule has 136 valence electrons. The van der Waals surface area contributed by atoms with Crippen LogP contribution in [0.5, 0.6) is 0 Å². The van der Waals surface area contributed by atoms with Crippen LogP contribution in [0.25, 0.3) is 6.08 Å². The molecule has 0 saturated carbocycles. The van der Waals surface area contributed by atoms with Crippen molar-refractivity contribution < 1.29 is 14.5 Å². The number of imide groups is 1. The Balaban J connectivity index is 1.71. The summed E-state index contributed by atoms with van der Waals surface area (Å²) in [6.45, 7) is 0.230. The number of thioether (sulfide) groups is 1. The van der Waals surface area contributed by atoms with E-state index in [2.05, 4.69) is 22.6 Å². The molecule has 1 fully saturated rings. The molecule has 2 aromatic carbocycles. The number of rotatable bonds is 5. The van der Waals surface area contributed by atoms with Crippen LogP contribution in [-0.4, -0.2) is 21.0 Å². The molecule has 0 spiro atoms. The summed E-state index contributed by atoms with van der Waals surface area (Å²) in [7, 11) is 0. The number of halogens is 1. The van der Waals surface area contributed by atoms with Gasteiger partial charge in [-0.1, -0.05) is 36.4 Å². The number of nitro benzene ring substituents is 1. The number of non-ortho nitro benzene ring substituents is 1. The molecule has 0 radical (unpaired) electrons. The number of benzene rings is 2. The van der Waals surface area contributed by atoms with Crippen LogP contribution < -0.4 is 0 Å². The molecule has 6 nitrogen and oxygen atoms in total. The number of carbonyl (C=O) groups excluding carboxylic acids is 2. The molecular weight excluding hydrogens is 479 g/mol. The van der Waals surface area contributed by atoms with Crippen LogP contribution in [0.3, 0.4) is 0 Å². The van der Waals surface area contributed by atoms with Crippen LogP contribution in [0.4, 0.5) is 10.5 Å². The molecule has 0 N–H and O–H groups in total. The van der Waals surface area contributed by atoms with Crippen molar-refractivity contribution in [1.82, 2.24) is 4.90 Å². The smallest absolute Gasteiger partial charge is 0.268 e. The third-order valence-electron chi connectivity index (χ3n) is 3.74. The minimum atomic E-state index is -0.465. The number of carbonyl (C=O) groups is 2. The fraction of sp³-hybridized carbons (Fsp3) is 0.0526. The van der Waals surface area contributed by atoms with E-state index in [-0.39, 0.29) is 23.4 Å². The second-order valence-electron chi connectivity index (χ2n) is 5.63. The summed E-state index contributed by atoms with van der Waals surface area (Å²) in [5, 5.41) is 10.5. The highest BCUT2D eigenvalue weighted by Gasteiger charge is 2.34. The van der Waals surface area contributed by atoms with Gasteiger partial charge in [0.15, 0.2) is 0 Å². The molecule has 0 aliphatic carbocycles. The first kappa shape index (κ1) is 19.3. The Morgan fingerprint density at radius 1 is 1.15 bits per heavy atom. The minimum Gasteiger partial charge on any atom is -0.268 e. The number of hydrogen-bond acceptors (Lipinski definition) is 5. The SMILES string of the molecule is O=C1S/C(=C\C=C\c2cccc([N+](=O)[O-])c2)C(=O)N1Cc1ccc(I)cc1. The average molecular weight is 492 g/mol. The first-order valence-corrected chi connectivity index (χ1v) is 9.74. The summed E-state index contributed by atoms with van der Waals surface area (Å²) in [5.41, 5.74) is 1.51. The molecule has 8 heteroatoms. The highest BCUT2D eigenvalue weighted by Crippen LogP contribution is 2.32. The first-order chi connectivity index (χ1) is 12.9. The predicted octanol–water partition coefficient (Wildman–Crippen LogP) is 4.99. The number of nitrogens with zero attached hydrogens (tertiary/aromatic N) is 2. The Morgan fingerprint density at radius 3 is 2.59 bits per heavy atom.